The Kier molecular flexibility index (Phi) is 7.06. The van der Waals surface area contributed by atoms with E-state index in [1.165, 1.54) is 12.3 Å². The van der Waals surface area contributed by atoms with Crippen LogP contribution in [-0.4, -0.2) is 55.7 Å². The Labute approximate surface area is 145 Å². The minimum Gasteiger partial charge on any atom is -0.394 e. The second-order valence-electron chi connectivity index (χ2n) is 6.09. The molecule has 9 heteroatoms. The van der Waals surface area contributed by atoms with Crippen LogP contribution in [0.4, 0.5) is 5.82 Å². The average molecular weight is 355 g/mol. The smallest absolute Gasteiger partial charge is 0.351 e. The summed E-state index contributed by atoms with van der Waals surface area (Å²) in [5.74, 6) is -0.0952. The van der Waals surface area contributed by atoms with Crippen LogP contribution in [0, 0.1) is 0 Å². The van der Waals surface area contributed by atoms with Crippen LogP contribution >= 0.6 is 0 Å². The van der Waals surface area contributed by atoms with Crippen molar-refractivity contribution in [3.63, 3.8) is 0 Å². The summed E-state index contributed by atoms with van der Waals surface area (Å²) < 4.78 is 6.30. The molecule has 1 fully saturated rings. The molecule has 4 atom stereocenters. The summed E-state index contributed by atoms with van der Waals surface area (Å²) in [5, 5.41) is 31.3. The standard InChI is InChI=1S/C16H25N3O6/c1-2-3-4-5-6-12(21)17-11-7-8-19(16(24)18-11)15-14(23)13(22)10(9-20)25-15/h7-8,10,13-15,20,22-23H,2-6,9H2,1H3,(H,17,18,21,24)/t10-,13-,14+,15-/m1/s1. The largest absolute Gasteiger partial charge is 0.394 e. The van der Waals surface area contributed by atoms with Gasteiger partial charge in [0.15, 0.2) is 6.23 Å². The number of aliphatic hydroxyl groups is 3. The molecule has 1 aromatic rings. The second kappa shape index (κ2) is 9.04. The molecule has 0 unspecified atom stereocenters. The van der Waals surface area contributed by atoms with Crippen molar-refractivity contribution in [3.05, 3.63) is 22.7 Å². The molecule has 140 valence electrons. The maximum absolute atomic E-state index is 12.1. The lowest BCUT2D eigenvalue weighted by atomic mass is 10.1. The molecule has 2 heterocycles. The van der Waals surface area contributed by atoms with E-state index in [1.807, 2.05) is 0 Å². The molecule has 0 aromatic carbocycles. The van der Waals surface area contributed by atoms with E-state index in [1.54, 1.807) is 0 Å². The fourth-order valence-corrected chi connectivity index (χ4v) is 2.70. The van der Waals surface area contributed by atoms with Crippen molar-refractivity contribution >= 4 is 11.7 Å². The van der Waals surface area contributed by atoms with Gasteiger partial charge in [0.2, 0.25) is 5.91 Å². The predicted octanol–water partition coefficient (Wildman–Crippen LogP) is -0.236. The summed E-state index contributed by atoms with van der Waals surface area (Å²) in [6, 6.07) is 1.42. The van der Waals surface area contributed by atoms with Gasteiger partial charge in [-0.05, 0) is 12.5 Å². The molecule has 0 saturated carbocycles. The van der Waals surface area contributed by atoms with Crippen LogP contribution in [0.3, 0.4) is 0 Å². The number of hydrogen-bond acceptors (Lipinski definition) is 7. The Hall–Kier alpha value is -1.81. The van der Waals surface area contributed by atoms with Crippen LogP contribution in [0.5, 0.6) is 0 Å². The minimum absolute atomic E-state index is 0.119. The van der Waals surface area contributed by atoms with E-state index in [0.29, 0.717) is 6.42 Å². The molecule has 1 aromatic heterocycles. The fourth-order valence-electron chi connectivity index (χ4n) is 2.70. The van der Waals surface area contributed by atoms with Gasteiger partial charge >= 0.3 is 5.69 Å². The SMILES string of the molecule is CCCCCCC(=O)Nc1ccn([C@@H]2O[C@H](CO)[C@@H](O)[C@@H]2O)c(=O)n1. The number of carbonyl (C=O) groups is 1. The number of anilines is 1. The highest BCUT2D eigenvalue weighted by Crippen LogP contribution is 2.28. The molecule has 0 bridgehead atoms. The third-order valence-corrected chi connectivity index (χ3v) is 4.15. The Balaban J connectivity index is 1.99. The van der Waals surface area contributed by atoms with E-state index in [4.69, 9.17) is 9.84 Å². The maximum Gasteiger partial charge on any atom is 0.351 e. The molecule has 4 N–H and O–H groups in total. The van der Waals surface area contributed by atoms with Crippen molar-refractivity contribution in [1.82, 2.24) is 9.55 Å². The molecule has 1 saturated heterocycles. The summed E-state index contributed by atoms with van der Waals surface area (Å²) in [6.07, 6.45) is 0.806. The molecule has 0 radical (unpaired) electrons. The Morgan fingerprint density at radius 2 is 2.08 bits per heavy atom. The lowest BCUT2D eigenvalue weighted by molar-refractivity contribution is -0.116. The van der Waals surface area contributed by atoms with Crippen molar-refractivity contribution in [2.45, 2.75) is 63.6 Å². The van der Waals surface area contributed by atoms with E-state index in [-0.39, 0.29) is 11.7 Å². The highest BCUT2D eigenvalue weighted by atomic mass is 16.6. The molecule has 9 nitrogen and oxygen atoms in total. The topological polar surface area (TPSA) is 134 Å². The van der Waals surface area contributed by atoms with E-state index < -0.39 is 36.8 Å². The van der Waals surface area contributed by atoms with Crippen LogP contribution in [-0.2, 0) is 9.53 Å². The molecule has 25 heavy (non-hydrogen) atoms. The van der Waals surface area contributed by atoms with Crippen molar-refractivity contribution in [2.24, 2.45) is 0 Å². The molecule has 1 aliphatic heterocycles. The van der Waals surface area contributed by atoms with E-state index in [2.05, 4.69) is 17.2 Å². The van der Waals surface area contributed by atoms with Crippen molar-refractivity contribution in [1.29, 1.82) is 0 Å². The third kappa shape index (κ3) is 4.85. The molecular weight excluding hydrogens is 330 g/mol. The minimum atomic E-state index is -1.37. The van der Waals surface area contributed by atoms with Crippen LogP contribution in [0.1, 0.15) is 45.3 Å². The third-order valence-electron chi connectivity index (χ3n) is 4.15. The lowest BCUT2D eigenvalue weighted by Gasteiger charge is -2.17. The van der Waals surface area contributed by atoms with Crippen LogP contribution in [0.25, 0.3) is 0 Å². The zero-order chi connectivity index (χ0) is 18.4. The first-order valence-electron chi connectivity index (χ1n) is 8.49. The molecule has 1 amide bonds. The van der Waals surface area contributed by atoms with Crippen molar-refractivity contribution < 1.29 is 24.9 Å². The number of carbonyl (C=O) groups excluding carboxylic acids is 1. The normalized spacial score (nSPS) is 25.9. The number of aliphatic hydroxyl groups excluding tert-OH is 3. The summed E-state index contributed by atoms with van der Waals surface area (Å²) in [5.41, 5.74) is -0.737. The highest BCUT2D eigenvalue weighted by Gasteiger charge is 2.43. The fraction of sp³-hybridized carbons (Fsp3) is 0.688. The number of hydrogen-bond donors (Lipinski definition) is 4. The van der Waals surface area contributed by atoms with Gasteiger partial charge in [-0.15, -0.1) is 0 Å². The summed E-state index contributed by atoms with van der Waals surface area (Å²) in [7, 11) is 0. The van der Waals surface area contributed by atoms with Gasteiger partial charge in [0.1, 0.15) is 24.1 Å². The van der Waals surface area contributed by atoms with Gasteiger partial charge in [-0.2, -0.15) is 4.98 Å². The number of amides is 1. The number of aromatic nitrogens is 2. The van der Waals surface area contributed by atoms with Crippen molar-refractivity contribution in [2.75, 3.05) is 11.9 Å². The molecule has 2 rings (SSSR count). The van der Waals surface area contributed by atoms with Gasteiger partial charge < -0.3 is 25.4 Å². The molecule has 1 aliphatic rings. The first-order valence-corrected chi connectivity index (χ1v) is 8.49. The van der Waals surface area contributed by atoms with Gasteiger partial charge in [-0.1, -0.05) is 26.2 Å². The van der Waals surface area contributed by atoms with Gasteiger partial charge in [0.05, 0.1) is 6.61 Å². The van der Waals surface area contributed by atoms with Gasteiger partial charge in [0, 0.05) is 12.6 Å². The quantitative estimate of drug-likeness (QED) is 0.473. The number of unbranched alkanes of at least 4 members (excludes halogenated alkanes) is 3. The number of nitrogens with one attached hydrogen (secondary N) is 1. The summed E-state index contributed by atoms with van der Waals surface area (Å²) in [4.78, 5) is 27.7. The van der Waals surface area contributed by atoms with Crippen molar-refractivity contribution in [3.8, 4) is 0 Å². The second-order valence-corrected chi connectivity index (χ2v) is 6.09. The van der Waals surface area contributed by atoms with E-state index in [0.717, 1.165) is 30.3 Å². The zero-order valence-electron chi connectivity index (χ0n) is 14.2. The van der Waals surface area contributed by atoms with Crippen LogP contribution in [0.2, 0.25) is 0 Å². The zero-order valence-corrected chi connectivity index (χ0v) is 14.2. The number of ether oxygens (including phenoxy) is 1. The summed E-state index contributed by atoms with van der Waals surface area (Å²) in [6.45, 7) is 1.61. The maximum atomic E-state index is 12.1. The summed E-state index contributed by atoms with van der Waals surface area (Å²) >= 11 is 0. The Morgan fingerprint density at radius 1 is 1.32 bits per heavy atom. The van der Waals surface area contributed by atoms with Crippen LogP contribution in [0.15, 0.2) is 17.1 Å². The van der Waals surface area contributed by atoms with Gasteiger partial charge in [-0.3, -0.25) is 9.36 Å². The first-order chi connectivity index (χ1) is 12.0. The predicted molar refractivity (Wildman–Crippen MR) is 88.9 cm³/mol. The van der Waals surface area contributed by atoms with E-state index >= 15 is 0 Å². The molecule has 0 aliphatic carbocycles. The lowest BCUT2D eigenvalue weighted by Crippen LogP contribution is -2.36. The van der Waals surface area contributed by atoms with Crippen LogP contribution < -0.4 is 11.0 Å². The van der Waals surface area contributed by atoms with Gasteiger partial charge in [-0.25, -0.2) is 4.79 Å². The first kappa shape index (κ1) is 19.5. The Bertz CT molecular complexity index is 635. The Morgan fingerprint density at radius 3 is 2.68 bits per heavy atom. The number of rotatable bonds is 8. The molecular formula is C16H25N3O6. The highest BCUT2D eigenvalue weighted by molar-refractivity contribution is 5.89. The van der Waals surface area contributed by atoms with E-state index in [9.17, 15) is 19.8 Å². The molecule has 0 spiro atoms. The monoisotopic (exact) mass is 355 g/mol. The average Bonchev–Trinajstić information content (AvgIpc) is 2.87. The number of nitrogens with zero attached hydrogens (tertiary/aromatic N) is 2. The van der Waals surface area contributed by atoms with Gasteiger partial charge in [0.25, 0.3) is 0 Å².